The number of carbonyl (C=O) groups excluding carboxylic acids is 2. The zero-order valence-electron chi connectivity index (χ0n) is 17.2. The summed E-state index contributed by atoms with van der Waals surface area (Å²) in [5, 5.41) is 0.604. The van der Waals surface area contributed by atoms with E-state index in [9.17, 15) is 9.59 Å². The van der Waals surface area contributed by atoms with Crippen molar-refractivity contribution in [2.75, 3.05) is 20.2 Å². The van der Waals surface area contributed by atoms with Crippen LogP contribution in [0.1, 0.15) is 49.7 Å². The number of hydrogen-bond acceptors (Lipinski definition) is 5. The van der Waals surface area contributed by atoms with E-state index in [1.54, 1.807) is 16.9 Å². The summed E-state index contributed by atoms with van der Waals surface area (Å²) >= 11 is 6.41. The van der Waals surface area contributed by atoms with Gasteiger partial charge >= 0.3 is 6.09 Å². The molecule has 0 radical (unpaired) electrons. The molecule has 3 heterocycles. The van der Waals surface area contributed by atoms with E-state index in [0.29, 0.717) is 49.9 Å². The van der Waals surface area contributed by atoms with E-state index < -0.39 is 5.60 Å². The van der Waals surface area contributed by atoms with Gasteiger partial charge in [-0.05, 0) is 45.2 Å². The van der Waals surface area contributed by atoms with Crippen LogP contribution in [0.3, 0.4) is 0 Å². The summed E-state index contributed by atoms with van der Waals surface area (Å²) in [6.45, 7) is 9.70. The number of fused-ring (bicyclic) bond motifs is 1. The van der Waals surface area contributed by atoms with Gasteiger partial charge in [0, 0.05) is 26.7 Å². The smallest absolute Gasteiger partial charge is 0.410 e. The van der Waals surface area contributed by atoms with E-state index in [1.807, 2.05) is 27.7 Å². The lowest BCUT2D eigenvalue weighted by Gasteiger charge is -2.25. The van der Waals surface area contributed by atoms with Gasteiger partial charge in [0.05, 0.1) is 35.5 Å². The summed E-state index contributed by atoms with van der Waals surface area (Å²) in [7, 11) is 1.60. The van der Waals surface area contributed by atoms with Gasteiger partial charge in [-0.2, -0.15) is 0 Å². The molecule has 8 heteroatoms. The molecule has 1 aromatic heterocycles. The number of likely N-dealkylation sites (tertiary alicyclic amines) is 1. The Morgan fingerprint density at radius 1 is 1.25 bits per heavy atom. The molecule has 3 rings (SSSR count). The van der Waals surface area contributed by atoms with Gasteiger partial charge in [0.25, 0.3) is 0 Å². The van der Waals surface area contributed by atoms with E-state index in [2.05, 4.69) is 4.98 Å². The van der Waals surface area contributed by atoms with Gasteiger partial charge in [0.1, 0.15) is 5.60 Å². The topological polar surface area (TPSA) is 72.0 Å². The van der Waals surface area contributed by atoms with Crippen LogP contribution in [0.2, 0.25) is 5.02 Å². The van der Waals surface area contributed by atoms with Gasteiger partial charge < -0.3 is 19.3 Å². The second kappa shape index (κ2) is 7.87. The van der Waals surface area contributed by atoms with Crippen LogP contribution in [0.4, 0.5) is 4.79 Å². The maximum Gasteiger partial charge on any atom is 0.410 e. The molecule has 2 aliphatic rings. The largest absolute Gasteiger partial charge is 0.444 e. The van der Waals surface area contributed by atoms with Gasteiger partial charge in [-0.25, -0.2) is 4.79 Å². The first-order valence-electron chi connectivity index (χ1n) is 9.53. The molecule has 0 bridgehead atoms. The van der Waals surface area contributed by atoms with E-state index in [4.69, 9.17) is 21.1 Å². The van der Waals surface area contributed by atoms with Crippen LogP contribution in [0.15, 0.2) is 0 Å². The predicted octanol–water partition coefficient (Wildman–Crippen LogP) is 3.29. The third kappa shape index (κ3) is 4.25. The Morgan fingerprint density at radius 2 is 1.96 bits per heavy atom. The lowest BCUT2D eigenvalue weighted by atomic mass is 10.1. The molecular weight excluding hydrogens is 382 g/mol. The highest BCUT2D eigenvalue weighted by atomic mass is 35.5. The number of methoxy groups -OCH3 is 1. The van der Waals surface area contributed by atoms with E-state index in [1.165, 1.54) is 0 Å². The first-order valence-corrected chi connectivity index (χ1v) is 9.91. The fraction of sp³-hybridized carbons (Fsp3) is 0.650. The Balaban J connectivity index is 1.66. The Morgan fingerprint density at radius 3 is 2.61 bits per heavy atom. The summed E-state index contributed by atoms with van der Waals surface area (Å²) in [6.07, 6.45) is 0.286. The summed E-state index contributed by atoms with van der Waals surface area (Å²) < 4.78 is 10.6. The van der Waals surface area contributed by atoms with Crippen LogP contribution in [-0.4, -0.2) is 52.6 Å². The zero-order valence-corrected chi connectivity index (χ0v) is 17.9. The van der Waals surface area contributed by atoms with Crippen molar-refractivity contribution in [1.29, 1.82) is 0 Å². The number of aromatic nitrogens is 1. The summed E-state index contributed by atoms with van der Waals surface area (Å²) in [6, 6.07) is 0. The van der Waals surface area contributed by atoms with Crippen LogP contribution in [0.25, 0.3) is 0 Å². The number of amides is 2. The molecule has 1 saturated heterocycles. The average Bonchev–Trinajstić information content (AvgIpc) is 3.25. The standard InChI is InChI=1S/C20H28ClN3O4/c1-12-14-9-24(10-15(14)22-16(11-27-5)17(12)21)18(25)13-6-7-23(8-13)19(26)28-20(2,3)4/h13H,6-11H2,1-5H3. The third-order valence-corrected chi connectivity index (χ3v) is 5.63. The van der Waals surface area contributed by atoms with Crippen LogP contribution in [0, 0.1) is 12.8 Å². The van der Waals surface area contributed by atoms with Crippen LogP contribution >= 0.6 is 11.6 Å². The molecular formula is C20H28ClN3O4. The van der Waals surface area contributed by atoms with Crippen LogP contribution in [0.5, 0.6) is 0 Å². The van der Waals surface area contributed by atoms with Gasteiger partial charge in [-0.1, -0.05) is 11.6 Å². The third-order valence-electron chi connectivity index (χ3n) is 5.13. The van der Waals surface area contributed by atoms with Crippen molar-refractivity contribution in [2.24, 2.45) is 5.92 Å². The quantitative estimate of drug-likeness (QED) is 0.766. The fourth-order valence-corrected chi connectivity index (χ4v) is 3.92. The maximum atomic E-state index is 13.0. The highest BCUT2D eigenvalue weighted by Gasteiger charge is 2.37. The molecule has 0 aromatic carbocycles. The van der Waals surface area contributed by atoms with Gasteiger partial charge in [0.2, 0.25) is 5.91 Å². The minimum absolute atomic E-state index is 0.0490. The summed E-state index contributed by atoms with van der Waals surface area (Å²) in [5.41, 5.74) is 3.00. The molecule has 0 saturated carbocycles. The van der Waals surface area contributed by atoms with E-state index >= 15 is 0 Å². The lowest BCUT2D eigenvalue weighted by Crippen LogP contribution is -2.37. The summed E-state index contributed by atoms with van der Waals surface area (Å²) in [4.78, 5) is 33.3. The molecule has 1 aromatic rings. The lowest BCUT2D eigenvalue weighted by molar-refractivity contribution is -0.135. The number of carbonyl (C=O) groups is 2. The number of halogens is 1. The second-order valence-corrected chi connectivity index (χ2v) is 8.84. The highest BCUT2D eigenvalue weighted by molar-refractivity contribution is 6.32. The van der Waals surface area contributed by atoms with Crippen molar-refractivity contribution in [1.82, 2.24) is 14.8 Å². The highest BCUT2D eigenvalue weighted by Crippen LogP contribution is 2.33. The van der Waals surface area contributed by atoms with Crippen molar-refractivity contribution in [2.45, 2.75) is 59.4 Å². The van der Waals surface area contributed by atoms with E-state index in [-0.39, 0.29) is 17.9 Å². The van der Waals surface area contributed by atoms with Crippen molar-refractivity contribution in [3.8, 4) is 0 Å². The molecule has 2 amide bonds. The molecule has 1 atom stereocenters. The normalized spacial score (nSPS) is 19.1. The first-order chi connectivity index (χ1) is 13.1. The second-order valence-electron chi connectivity index (χ2n) is 8.46. The molecule has 154 valence electrons. The summed E-state index contributed by atoms with van der Waals surface area (Å²) in [5.74, 6) is -0.163. The number of nitrogens with zero attached hydrogens (tertiary/aromatic N) is 3. The van der Waals surface area contributed by atoms with Gasteiger partial charge in [-0.15, -0.1) is 0 Å². The Kier molecular flexibility index (Phi) is 5.87. The fourth-order valence-electron chi connectivity index (χ4n) is 3.71. The SMILES string of the molecule is COCc1nc2c(c(C)c1Cl)CN(C(=O)C1CCN(C(=O)OC(C)(C)C)C1)C2. The minimum Gasteiger partial charge on any atom is -0.444 e. The molecule has 7 nitrogen and oxygen atoms in total. The van der Waals surface area contributed by atoms with Crippen molar-refractivity contribution >= 4 is 23.6 Å². The molecule has 0 aliphatic carbocycles. The number of rotatable bonds is 3. The van der Waals surface area contributed by atoms with Crippen LogP contribution in [-0.2, 0) is 34.0 Å². The molecule has 1 unspecified atom stereocenters. The number of pyridine rings is 1. The van der Waals surface area contributed by atoms with Crippen molar-refractivity contribution in [3.05, 3.63) is 27.5 Å². The van der Waals surface area contributed by atoms with Gasteiger partial charge in [-0.3, -0.25) is 9.78 Å². The molecule has 2 aliphatic heterocycles. The monoisotopic (exact) mass is 409 g/mol. The predicted molar refractivity (Wildman–Crippen MR) is 105 cm³/mol. The maximum absolute atomic E-state index is 13.0. The van der Waals surface area contributed by atoms with Gasteiger partial charge in [0.15, 0.2) is 0 Å². The molecule has 0 spiro atoms. The average molecular weight is 410 g/mol. The van der Waals surface area contributed by atoms with Crippen molar-refractivity contribution in [3.63, 3.8) is 0 Å². The van der Waals surface area contributed by atoms with Crippen LogP contribution < -0.4 is 0 Å². The Hall–Kier alpha value is -1.86. The minimum atomic E-state index is -0.544. The number of hydrogen-bond donors (Lipinski definition) is 0. The molecule has 1 fully saturated rings. The first kappa shape index (κ1) is 20.9. The molecule has 0 N–H and O–H groups in total. The van der Waals surface area contributed by atoms with Crippen molar-refractivity contribution < 1.29 is 19.1 Å². The zero-order chi connectivity index (χ0) is 20.6. The molecule has 28 heavy (non-hydrogen) atoms. The number of ether oxygens (including phenoxy) is 2. The Bertz CT molecular complexity index is 791. The van der Waals surface area contributed by atoms with E-state index in [0.717, 1.165) is 16.8 Å². The Labute approximate surface area is 170 Å².